The Balaban J connectivity index is 2.14. The van der Waals surface area contributed by atoms with Crippen LogP contribution in [-0.2, 0) is 11.3 Å². The summed E-state index contributed by atoms with van der Waals surface area (Å²) in [7, 11) is 0. The molecule has 19 heavy (non-hydrogen) atoms. The van der Waals surface area contributed by atoms with Gasteiger partial charge in [-0.1, -0.05) is 18.5 Å². The van der Waals surface area contributed by atoms with Crippen molar-refractivity contribution >= 4 is 40.9 Å². The van der Waals surface area contributed by atoms with Crippen LogP contribution in [0.4, 0.5) is 0 Å². The van der Waals surface area contributed by atoms with E-state index >= 15 is 0 Å². The third-order valence-corrected chi connectivity index (χ3v) is 3.24. The first-order valence-corrected chi connectivity index (χ1v) is 6.91. The predicted molar refractivity (Wildman–Crippen MR) is 77.8 cm³/mol. The van der Waals surface area contributed by atoms with Crippen molar-refractivity contribution in [3.05, 3.63) is 22.1 Å². The average molecular weight is 299 g/mol. The Morgan fingerprint density at radius 2 is 2.42 bits per heavy atom. The molecular formula is C12H15ClN4OS. The number of rotatable bonds is 5. The van der Waals surface area contributed by atoms with E-state index in [1.807, 2.05) is 11.5 Å². The fourth-order valence-electron chi connectivity index (χ4n) is 1.79. The lowest BCUT2D eigenvalue weighted by atomic mass is 10.3. The maximum absolute atomic E-state index is 11.6. The molecule has 1 amide bonds. The Kier molecular flexibility index (Phi) is 4.55. The average Bonchev–Trinajstić information content (AvgIpc) is 2.68. The Hall–Kier alpha value is -1.40. The number of imidazole rings is 1. The van der Waals surface area contributed by atoms with E-state index in [0.29, 0.717) is 29.3 Å². The van der Waals surface area contributed by atoms with Gasteiger partial charge in [0.15, 0.2) is 10.4 Å². The molecule has 2 rings (SSSR count). The number of carbonyl (C=O) groups excluding carboxylic acids is 1. The Morgan fingerprint density at radius 1 is 1.63 bits per heavy atom. The van der Waals surface area contributed by atoms with Gasteiger partial charge in [-0.2, -0.15) is 0 Å². The van der Waals surface area contributed by atoms with Crippen LogP contribution < -0.4 is 5.32 Å². The summed E-state index contributed by atoms with van der Waals surface area (Å²) in [5.41, 5.74) is 1.50. The van der Waals surface area contributed by atoms with Crippen LogP contribution >= 0.6 is 23.8 Å². The molecule has 0 aromatic carbocycles. The van der Waals surface area contributed by atoms with Gasteiger partial charge in [0.1, 0.15) is 0 Å². The molecule has 102 valence electrons. The molecule has 0 aliphatic carbocycles. The quantitative estimate of drug-likeness (QED) is 0.834. The SMILES string of the molecule is CCCNC(=O)CCn1c(=S)[nH]c2cc(Cl)cnc21. The number of H-pyrrole nitrogens is 1. The van der Waals surface area contributed by atoms with Gasteiger partial charge in [0.2, 0.25) is 5.91 Å². The monoisotopic (exact) mass is 298 g/mol. The summed E-state index contributed by atoms with van der Waals surface area (Å²) >= 11 is 11.1. The highest BCUT2D eigenvalue weighted by Crippen LogP contribution is 2.16. The number of halogens is 1. The number of aromatic nitrogens is 3. The second-order valence-corrected chi connectivity index (χ2v) is 5.03. The summed E-state index contributed by atoms with van der Waals surface area (Å²) in [5.74, 6) is 0.0204. The molecule has 5 nitrogen and oxygen atoms in total. The van der Waals surface area contributed by atoms with Crippen molar-refractivity contribution in [2.45, 2.75) is 26.3 Å². The van der Waals surface area contributed by atoms with Gasteiger partial charge in [-0.25, -0.2) is 4.98 Å². The van der Waals surface area contributed by atoms with Crippen molar-refractivity contribution in [2.75, 3.05) is 6.54 Å². The molecule has 0 bridgehead atoms. The molecule has 2 aromatic heterocycles. The van der Waals surface area contributed by atoms with E-state index in [-0.39, 0.29) is 5.91 Å². The van der Waals surface area contributed by atoms with Crippen molar-refractivity contribution in [1.29, 1.82) is 0 Å². The fraction of sp³-hybridized carbons (Fsp3) is 0.417. The van der Waals surface area contributed by atoms with E-state index in [1.54, 1.807) is 12.3 Å². The van der Waals surface area contributed by atoms with Crippen molar-refractivity contribution in [1.82, 2.24) is 19.9 Å². The molecule has 2 aromatic rings. The zero-order valence-electron chi connectivity index (χ0n) is 10.6. The van der Waals surface area contributed by atoms with Gasteiger partial charge in [-0.3, -0.25) is 4.79 Å². The predicted octanol–water partition coefficient (Wildman–Crippen LogP) is 2.66. The minimum absolute atomic E-state index is 0.0204. The van der Waals surface area contributed by atoms with Crippen LogP contribution in [0.2, 0.25) is 5.02 Å². The van der Waals surface area contributed by atoms with Crippen molar-refractivity contribution in [3.8, 4) is 0 Å². The van der Waals surface area contributed by atoms with Gasteiger partial charge in [0.25, 0.3) is 0 Å². The van der Waals surface area contributed by atoms with Crippen LogP contribution in [0.1, 0.15) is 19.8 Å². The molecule has 2 N–H and O–H groups in total. The minimum atomic E-state index is 0.0204. The lowest BCUT2D eigenvalue weighted by Crippen LogP contribution is -2.25. The number of hydrogen-bond donors (Lipinski definition) is 2. The molecule has 0 aliphatic rings. The molecular weight excluding hydrogens is 284 g/mol. The fourth-order valence-corrected chi connectivity index (χ4v) is 2.24. The summed E-state index contributed by atoms with van der Waals surface area (Å²) < 4.78 is 2.36. The number of nitrogens with one attached hydrogen (secondary N) is 2. The molecule has 0 fully saturated rings. The lowest BCUT2D eigenvalue weighted by Gasteiger charge is -2.05. The van der Waals surface area contributed by atoms with E-state index < -0.39 is 0 Å². The van der Waals surface area contributed by atoms with E-state index in [0.717, 1.165) is 17.6 Å². The number of aromatic amines is 1. The largest absolute Gasteiger partial charge is 0.356 e. The van der Waals surface area contributed by atoms with E-state index in [4.69, 9.17) is 23.8 Å². The molecule has 0 radical (unpaired) electrons. The van der Waals surface area contributed by atoms with Crippen LogP contribution in [0.3, 0.4) is 0 Å². The molecule has 0 spiro atoms. The number of fused-ring (bicyclic) bond motifs is 1. The molecule has 0 saturated heterocycles. The van der Waals surface area contributed by atoms with E-state index in [2.05, 4.69) is 15.3 Å². The highest BCUT2D eigenvalue weighted by Gasteiger charge is 2.08. The first-order chi connectivity index (χ1) is 9.11. The summed E-state index contributed by atoms with van der Waals surface area (Å²) in [6.07, 6.45) is 2.88. The van der Waals surface area contributed by atoms with Crippen molar-refractivity contribution in [3.63, 3.8) is 0 Å². The van der Waals surface area contributed by atoms with Crippen LogP contribution in [0.25, 0.3) is 11.2 Å². The van der Waals surface area contributed by atoms with Crippen molar-refractivity contribution < 1.29 is 4.79 Å². The summed E-state index contributed by atoms with van der Waals surface area (Å²) in [5, 5.41) is 3.39. The van der Waals surface area contributed by atoms with Gasteiger partial charge in [-0.05, 0) is 24.7 Å². The van der Waals surface area contributed by atoms with E-state index in [9.17, 15) is 4.79 Å². The lowest BCUT2D eigenvalue weighted by molar-refractivity contribution is -0.121. The Bertz CT molecular complexity index is 649. The number of nitrogens with zero attached hydrogens (tertiary/aromatic N) is 2. The van der Waals surface area contributed by atoms with Crippen LogP contribution in [0.15, 0.2) is 12.3 Å². The van der Waals surface area contributed by atoms with Crippen LogP contribution in [-0.4, -0.2) is 27.0 Å². The standard InChI is InChI=1S/C12H15ClN4OS/c1-2-4-14-10(18)3-5-17-11-9(16-12(17)19)6-8(13)7-15-11/h6-7H,2-5H2,1H3,(H,14,18)(H,16,19). The second kappa shape index (κ2) is 6.16. The molecule has 2 heterocycles. The normalized spacial score (nSPS) is 10.8. The smallest absolute Gasteiger partial charge is 0.221 e. The van der Waals surface area contributed by atoms with Crippen molar-refractivity contribution in [2.24, 2.45) is 0 Å². The highest BCUT2D eigenvalue weighted by atomic mass is 35.5. The van der Waals surface area contributed by atoms with E-state index in [1.165, 1.54) is 0 Å². The van der Waals surface area contributed by atoms with Crippen LogP contribution in [0.5, 0.6) is 0 Å². The summed E-state index contributed by atoms with van der Waals surface area (Å²) in [6.45, 7) is 3.22. The third-order valence-electron chi connectivity index (χ3n) is 2.71. The maximum Gasteiger partial charge on any atom is 0.221 e. The van der Waals surface area contributed by atoms with Gasteiger partial charge in [0.05, 0.1) is 10.5 Å². The van der Waals surface area contributed by atoms with Gasteiger partial charge in [0, 0.05) is 25.7 Å². The molecule has 7 heteroatoms. The summed E-state index contributed by atoms with van der Waals surface area (Å²) in [6, 6.07) is 1.77. The van der Waals surface area contributed by atoms with Gasteiger partial charge < -0.3 is 14.9 Å². The zero-order valence-corrected chi connectivity index (χ0v) is 12.1. The third kappa shape index (κ3) is 3.33. The second-order valence-electron chi connectivity index (χ2n) is 4.21. The van der Waals surface area contributed by atoms with Gasteiger partial charge >= 0.3 is 0 Å². The number of hydrogen-bond acceptors (Lipinski definition) is 3. The molecule has 0 aliphatic heterocycles. The number of carbonyl (C=O) groups is 1. The number of amides is 1. The Morgan fingerprint density at radius 3 is 3.16 bits per heavy atom. The van der Waals surface area contributed by atoms with Crippen LogP contribution in [0, 0.1) is 4.77 Å². The van der Waals surface area contributed by atoms with Gasteiger partial charge in [-0.15, -0.1) is 0 Å². The number of aryl methyl sites for hydroxylation is 1. The molecule has 0 unspecified atom stereocenters. The highest BCUT2D eigenvalue weighted by molar-refractivity contribution is 7.71. The minimum Gasteiger partial charge on any atom is -0.356 e. The first kappa shape index (κ1) is 14.0. The number of pyridine rings is 1. The zero-order chi connectivity index (χ0) is 13.8. The molecule has 0 atom stereocenters. The first-order valence-electron chi connectivity index (χ1n) is 6.12. The summed E-state index contributed by atoms with van der Waals surface area (Å²) in [4.78, 5) is 18.9. The molecule has 0 saturated carbocycles. The Labute approximate surface area is 121 Å². The maximum atomic E-state index is 11.6. The topological polar surface area (TPSA) is 62.7 Å².